The third kappa shape index (κ3) is 3.42. The Hall–Kier alpha value is -2.36. The molecule has 210 valence electrons. The number of hydrogen-bond donors (Lipinski definition) is 0. The van der Waals surface area contributed by atoms with Crippen molar-refractivity contribution in [2.45, 2.75) is 99.3 Å². The molecule has 0 aliphatic heterocycles. The van der Waals surface area contributed by atoms with Gasteiger partial charge in [-0.2, -0.15) is 10.1 Å². The van der Waals surface area contributed by atoms with E-state index in [9.17, 15) is 14.9 Å². The van der Waals surface area contributed by atoms with E-state index >= 15 is 0 Å². The number of nitriles is 1. The fourth-order valence-electron chi connectivity index (χ4n) is 11.4. The first-order valence-electron chi connectivity index (χ1n) is 15.0. The van der Waals surface area contributed by atoms with Gasteiger partial charge in [-0.05, 0) is 89.1 Å². The highest BCUT2D eigenvalue weighted by Gasteiger charge is 2.71. The predicted octanol–water partition coefficient (Wildman–Crippen LogP) is 5.83. The lowest BCUT2D eigenvalue weighted by Crippen LogP contribution is -2.67. The van der Waals surface area contributed by atoms with E-state index in [1.807, 2.05) is 27.0 Å². The van der Waals surface area contributed by atoms with Crippen LogP contribution in [0.25, 0.3) is 0 Å². The molecule has 0 radical (unpaired) electrons. The van der Waals surface area contributed by atoms with Gasteiger partial charge in [0, 0.05) is 23.7 Å². The SMILES string of the molecule is Cn1nnc([C@@H]2CC(C)(C)CC3C2CC[C@]2(C)C3C(=O)C[C@@H]3[C@@]4(C)C=C(C#N)C(=O)C(C)(C)[C@@H]4CC[C@]32C)n1. The van der Waals surface area contributed by atoms with Gasteiger partial charge in [0.25, 0.3) is 0 Å². The van der Waals surface area contributed by atoms with Crippen LogP contribution in [0.5, 0.6) is 0 Å². The lowest BCUT2D eigenvalue weighted by Gasteiger charge is -2.71. The van der Waals surface area contributed by atoms with Gasteiger partial charge in [-0.1, -0.05) is 54.5 Å². The minimum absolute atomic E-state index is 0.0223. The van der Waals surface area contributed by atoms with E-state index < -0.39 is 5.41 Å². The molecule has 5 aliphatic rings. The van der Waals surface area contributed by atoms with Gasteiger partial charge in [-0.15, -0.1) is 10.2 Å². The van der Waals surface area contributed by atoms with E-state index in [2.05, 4.69) is 56.1 Å². The number of hydrogen-bond acceptors (Lipinski definition) is 6. The number of nitrogens with zero attached hydrogens (tertiary/aromatic N) is 5. The molecular formula is C32H45N5O2. The van der Waals surface area contributed by atoms with Crippen LogP contribution in [-0.4, -0.2) is 31.8 Å². The van der Waals surface area contributed by atoms with E-state index in [0.29, 0.717) is 29.6 Å². The minimum atomic E-state index is -0.599. The maximum atomic E-state index is 14.5. The van der Waals surface area contributed by atoms with Gasteiger partial charge in [-0.3, -0.25) is 9.59 Å². The zero-order valence-electron chi connectivity index (χ0n) is 25.0. The standard InChI is InChI=1S/C32H45N5O2/c1-28(2)15-20-19(21(16-28)27-34-36-37(8)35-27)9-11-32(7)25(20)22(38)13-24-30(5)14-18(17-33)26(39)29(3,4)23(30)10-12-31(24,32)6/h14,19-21,23-25H,9-13,15-16H2,1-8H3/t19?,20?,21-,23+,24-,25?,30+,31-,32-/m1/s1. The molecule has 7 heteroatoms. The fraction of sp³-hybridized carbons (Fsp3) is 0.812. The molecule has 4 saturated carbocycles. The molecular weight excluding hydrogens is 486 g/mol. The molecule has 1 aromatic heterocycles. The second kappa shape index (κ2) is 8.10. The van der Waals surface area contributed by atoms with Gasteiger partial charge in [0.05, 0.1) is 12.6 Å². The van der Waals surface area contributed by atoms with Gasteiger partial charge in [0.15, 0.2) is 11.6 Å². The lowest BCUT2D eigenvalue weighted by molar-refractivity contribution is -0.212. The van der Waals surface area contributed by atoms with Crippen LogP contribution in [0, 0.1) is 68.0 Å². The monoisotopic (exact) mass is 531 g/mol. The largest absolute Gasteiger partial charge is 0.299 e. The zero-order chi connectivity index (χ0) is 28.3. The van der Waals surface area contributed by atoms with Crippen LogP contribution in [0.15, 0.2) is 11.6 Å². The fourth-order valence-corrected chi connectivity index (χ4v) is 11.4. The van der Waals surface area contributed by atoms with Crippen LogP contribution >= 0.6 is 0 Å². The summed E-state index contributed by atoms with van der Waals surface area (Å²) in [6.07, 6.45) is 8.71. The number of aryl methyl sites for hydroxylation is 1. The second-order valence-electron chi connectivity index (χ2n) is 15.9. The summed E-state index contributed by atoms with van der Waals surface area (Å²) < 4.78 is 0. The first-order valence-corrected chi connectivity index (χ1v) is 15.0. The molecule has 1 heterocycles. The van der Waals surface area contributed by atoms with Crippen molar-refractivity contribution in [2.75, 3.05) is 0 Å². The quantitative estimate of drug-likeness (QED) is 0.452. The Morgan fingerprint density at radius 2 is 1.64 bits per heavy atom. The van der Waals surface area contributed by atoms with Crippen molar-refractivity contribution >= 4 is 11.6 Å². The zero-order valence-corrected chi connectivity index (χ0v) is 25.0. The summed E-state index contributed by atoms with van der Waals surface area (Å²) in [5.41, 5.74) is -0.727. The number of allylic oxidation sites excluding steroid dienone is 2. The van der Waals surface area contributed by atoms with Crippen LogP contribution in [0.4, 0.5) is 0 Å². The highest BCUT2D eigenvalue weighted by atomic mass is 16.1. The van der Waals surface area contributed by atoms with E-state index in [1.54, 1.807) is 4.80 Å². The number of carbonyl (C=O) groups excluding carboxylic acids is 2. The first-order chi connectivity index (χ1) is 18.1. The molecule has 0 spiro atoms. The third-order valence-electron chi connectivity index (χ3n) is 13.2. The highest BCUT2D eigenvalue weighted by Crippen LogP contribution is 2.75. The minimum Gasteiger partial charge on any atom is -0.299 e. The molecule has 0 N–H and O–H groups in total. The van der Waals surface area contributed by atoms with E-state index in [1.165, 1.54) is 0 Å². The molecule has 4 fully saturated rings. The Morgan fingerprint density at radius 1 is 0.949 bits per heavy atom. The molecule has 9 atom stereocenters. The number of tetrazole rings is 1. The Labute approximate surface area is 233 Å². The highest BCUT2D eigenvalue weighted by molar-refractivity contribution is 6.04. The van der Waals surface area contributed by atoms with Crippen molar-refractivity contribution in [1.82, 2.24) is 20.2 Å². The molecule has 6 rings (SSSR count). The molecule has 7 nitrogen and oxygen atoms in total. The number of Topliss-reactive ketones (excluding diaryl/α,β-unsaturated/α-hetero) is 2. The Balaban J connectivity index is 1.43. The second-order valence-corrected chi connectivity index (χ2v) is 15.9. The number of carbonyl (C=O) groups is 2. The summed E-state index contributed by atoms with van der Waals surface area (Å²) in [5, 5.41) is 23.2. The maximum absolute atomic E-state index is 14.5. The van der Waals surface area contributed by atoms with Crippen molar-refractivity contribution in [2.24, 2.45) is 63.7 Å². The molecule has 0 bridgehead atoms. The smallest absolute Gasteiger partial charge is 0.178 e. The van der Waals surface area contributed by atoms with Crippen LogP contribution in [-0.2, 0) is 16.6 Å². The van der Waals surface area contributed by atoms with Crippen LogP contribution in [0.2, 0.25) is 0 Å². The van der Waals surface area contributed by atoms with Gasteiger partial charge in [-0.25, -0.2) is 0 Å². The number of aromatic nitrogens is 4. The summed E-state index contributed by atoms with van der Waals surface area (Å²) in [4.78, 5) is 29.4. The van der Waals surface area contributed by atoms with Crippen molar-refractivity contribution < 1.29 is 9.59 Å². The summed E-state index contributed by atoms with van der Waals surface area (Å²) in [6.45, 7) is 15.9. The maximum Gasteiger partial charge on any atom is 0.178 e. The van der Waals surface area contributed by atoms with Gasteiger partial charge < -0.3 is 0 Å². The lowest BCUT2D eigenvalue weighted by atomic mass is 9.32. The first kappa shape index (κ1) is 26.8. The summed E-state index contributed by atoms with van der Waals surface area (Å²) >= 11 is 0. The summed E-state index contributed by atoms with van der Waals surface area (Å²) in [6, 6.07) is 2.23. The van der Waals surface area contributed by atoms with Gasteiger partial charge in [0.2, 0.25) is 0 Å². The normalized spacial score (nSPS) is 46.2. The predicted molar refractivity (Wildman–Crippen MR) is 147 cm³/mol. The van der Waals surface area contributed by atoms with Crippen molar-refractivity contribution in [3.8, 4) is 6.07 Å². The Bertz CT molecular complexity index is 1320. The average molecular weight is 532 g/mol. The third-order valence-corrected chi connectivity index (χ3v) is 13.2. The van der Waals surface area contributed by atoms with Crippen LogP contribution in [0.3, 0.4) is 0 Å². The van der Waals surface area contributed by atoms with E-state index in [0.717, 1.165) is 44.3 Å². The Morgan fingerprint density at radius 3 is 2.28 bits per heavy atom. The molecule has 5 aliphatic carbocycles. The molecule has 0 saturated heterocycles. The molecule has 39 heavy (non-hydrogen) atoms. The average Bonchev–Trinajstić information content (AvgIpc) is 3.28. The van der Waals surface area contributed by atoms with Gasteiger partial charge >= 0.3 is 0 Å². The number of fused-ring (bicyclic) bond motifs is 7. The molecule has 0 aromatic carbocycles. The Kier molecular flexibility index (Phi) is 5.58. The number of ketones is 2. The van der Waals surface area contributed by atoms with Crippen LogP contribution in [0.1, 0.15) is 105 Å². The van der Waals surface area contributed by atoms with Crippen molar-refractivity contribution in [3.63, 3.8) is 0 Å². The number of rotatable bonds is 1. The van der Waals surface area contributed by atoms with E-state index in [-0.39, 0.29) is 51.1 Å². The van der Waals surface area contributed by atoms with E-state index in [4.69, 9.17) is 0 Å². The topological polar surface area (TPSA) is 102 Å². The summed E-state index contributed by atoms with van der Waals surface area (Å²) in [5.74, 6) is 2.44. The molecule has 3 unspecified atom stereocenters. The van der Waals surface area contributed by atoms with Crippen molar-refractivity contribution in [1.29, 1.82) is 5.26 Å². The van der Waals surface area contributed by atoms with Crippen molar-refractivity contribution in [3.05, 3.63) is 17.5 Å². The summed E-state index contributed by atoms with van der Waals surface area (Å²) in [7, 11) is 1.83. The van der Waals surface area contributed by atoms with Gasteiger partial charge in [0.1, 0.15) is 11.9 Å². The molecule has 0 amide bonds. The molecule has 1 aromatic rings. The van der Waals surface area contributed by atoms with Crippen LogP contribution < -0.4 is 0 Å².